The van der Waals surface area contributed by atoms with Gasteiger partial charge in [0.1, 0.15) is 5.69 Å². The van der Waals surface area contributed by atoms with Crippen LogP contribution < -0.4 is 20.5 Å². The van der Waals surface area contributed by atoms with E-state index in [1.807, 2.05) is 11.9 Å². The Morgan fingerprint density at radius 1 is 1.29 bits per heavy atom. The maximum Gasteiger partial charge on any atom is 0.343 e. The van der Waals surface area contributed by atoms with Crippen molar-refractivity contribution in [2.75, 3.05) is 34.1 Å². The lowest BCUT2D eigenvalue weighted by Crippen LogP contribution is -2.59. The zero-order valence-electron chi connectivity index (χ0n) is 17.9. The number of hydrogen-bond acceptors (Lipinski definition) is 6. The normalized spacial score (nSPS) is 16.5. The monoisotopic (exact) mass is 443 g/mol. The molecule has 164 valence electrons. The second-order valence-electron chi connectivity index (χ2n) is 7.74. The van der Waals surface area contributed by atoms with Gasteiger partial charge in [-0.1, -0.05) is 24.4 Å². The van der Waals surface area contributed by atoms with Crippen molar-refractivity contribution < 1.29 is 9.59 Å². The van der Waals surface area contributed by atoms with Crippen LogP contribution >= 0.6 is 11.6 Å². The van der Waals surface area contributed by atoms with Gasteiger partial charge in [-0.25, -0.2) is 14.8 Å². The first-order valence-corrected chi connectivity index (χ1v) is 10.8. The molecular weight excluding hydrogens is 418 g/mol. The van der Waals surface area contributed by atoms with Crippen molar-refractivity contribution in [1.82, 2.24) is 15.0 Å². The van der Waals surface area contributed by atoms with Crippen LogP contribution in [0, 0.1) is 0 Å². The second kappa shape index (κ2) is 8.58. The van der Waals surface area contributed by atoms with Gasteiger partial charge in [-0.2, -0.15) is 4.98 Å². The number of rotatable bonds is 5. The van der Waals surface area contributed by atoms with Gasteiger partial charge in [0.2, 0.25) is 11.9 Å². The van der Waals surface area contributed by atoms with Gasteiger partial charge < -0.3 is 10.6 Å². The predicted molar refractivity (Wildman–Crippen MR) is 122 cm³/mol. The molecule has 0 radical (unpaired) electrons. The van der Waals surface area contributed by atoms with Crippen LogP contribution in [0.15, 0.2) is 24.4 Å². The number of anilines is 5. The van der Waals surface area contributed by atoms with Crippen LogP contribution in [0.1, 0.15) is 39.5 Å². The number of fused-ring (bicyclic) bond motifs is 1. The van der Waals surface area contributed by atoms with Crippen LogP contribution in [0.3, 0.4) is 0 Å². The van der Waals surface area contributed by atoms with Crippen molar-refractivity contribution >= 4 is 52.4 Å². The fourth-order valence-corrected chi connectivity index (χ4v) is 4.31. The van der Waals surface area contributed by atoms with Gasteiger partial charge in [0.25, 0.3) is 0 Å². The first kappa shape index (κ1) is 21.2. The van der Waals surface area contributed by atoms with E-state index in [9.17, 15) is 9.59 Å². The number of hydrazine groups is 1. The molecule has 0 spiro atoms. The molecule has 3 amide bonds. The third-order valence-corrected chi connectivity index (χ3v) is 5.93. The zero-order valence-corrected chi connectivity index (χ0v) is 18.6. The molecule has 1 aliphatic carbocycles. The Kier molecular flexibility index (Phi) is 5.86. The maximum atomic E-state index is 12.9. The van der Waals surface area contributed by atoms with Gasteiger partial charge in [0.15, 0.2) is 5.82 Å². The number of urea groups is 1. The van der Waals surface area contributed by atoms with Gasteiger partial charge in [0.05, 0.1) is 22.9 Å². The van der Waals surface area contributed by atoms with Crippen molar-refractivity contribution in [3.8, 4) is 0 Å². The van der Waals surface area contributed by atoms with Crippen LogP contribution in [-0.2, 0) is 4.79 Å². The molecule has 31 heavy (non-hydrogen) atoms. The lowest BCUT2D eigenvalue weighted by molar-refractivity contribution is -0.114. The topological polar surface area (TPSA) is 93.7 Å². The molecule has 2 aromatic rings. The van der Waals surface area contributed by atoms with Crippen molar-refractivity contribution in [2.24, 2.45) is 0 Å². The molecule has 0 saturated heterocycles. The number of nitrogens with one attached hydrogen (secondary N) is 2. The van der Waals surface area contributed by atoms with E-state index < -0.39 is 0 Å². The summed E-state index contributed by atoms with van der Waals surface area (Å²) in [6.45, 7) is 3.96. The first-order chi connectivity index (χ1) is 14.9. The van der Waals surface area contributed by atoms with E-state index in [2.05, 4.69) is 15.6 Å². The van der Waals surface area contributed by atoms with Gasteiger partial charge in [-0.3, -0.25) is 14.7 Å². The number of carbonyl (C=O) groups excluding carboxylic acids is 2. The van der Waals surface area contributed by atoms with Crippen LogP contribution in [0.4, 0.5) is 33.6 Å². The highest BCUT2D eigenvalue weighted by atomic mass is 35.5. The van der Waals surface area contributed by atoms with E-state index in [0.29, 0.717) is 40.4 Å². The highest BCUT2D eigenvalue weighted by Crippen LogP contribution is 2.39. The number of benzene rings is 1. The summed E-state index contributed by atoms with van der Waals surface area (Å²) in [5.41, 5.74) is 1.87. The second-order valence-corrected chi connectivity index (χ2v) is 8.15. The van der Waals surface area contributed by atoms with E-state index in [4.69, 9.17) is 16.6 Å². The summed E-state index contributed by atoms with van der Waals surface area (Å²) >= 11 is 6.34. The molecule has 2 N–H and O–H groups in total. The summed E-state index contributed by atoms with van der Waals surface area (Å²) in [6.07, 6.45) is 5.97. The third-order valence-electron chi connectivity index (χ3n) is 5.60. The Balaban J connectivity index is 1.71. The largest absolute Gasteiger partial charge is 0.343 e. The average Bonchev–Trinajstić information content (AvgIpc) is 3.27. The van der Waals surface area contributed by atoms with E-state index in [1.54, 1.807) is 41.4 Å². The first-order valence-electron chi connectivity index (χ1n) is 10.4. The average molecular weight is 444 g/mol. The molecule has 0 bridgehead atoms. The summed E-state index contributed by atoms with van der Waals surface area (Å²) in [7, 11) is 1.74. The van der Waals surface area contributed by atoms with Gasteiger partial charge in [0, 0.05) is 26.2 Å². The highest BCUT2D eigenvalue weighted by molar-refractivity contribution is 6.33. The third kappa shape index (κ3) is 4.10. The zero-order chi connectivity index (χ0) is 22.1. The smallest absolute Gasteiger partial charge is 0.326 e. The van der Waals surface area contributed by atoms with E-state index in [1.165, 1.54) is 6.92 Å². The van der Waals surface area contributed by atoms with Crippen LogP contribution in [0.2, 0.25) is 5.02 Å². The lowest BCUT2D eigenvalue weighted by Gasteiger charge is -2.45. The molecule has 2 heterocycles. The molecule has 0 atom stereocenters. The molecule has 10 heteroatoms. The summed E-state index contributed by atoms with van der Waals surface area (Å²) < 4.78 is 0. The molecule has 2 aliphatic rings. The van der Waals surface area contributed by atoms with Crippen molar-refractivity contribution in [3.05, 3.63) is 29.4 Å². The summed E-state index contributed by atoms with van der Waals surface area (Å²) in [6, 6.07) is 5.30. The van der Waals surface area contributed by atoms with Crippen LogP contribution in [-0.4, -0.2) is 46.5 Å². The lowest BCUT2D eigenvalue weighted by atomic mass is 10.2. The standard InChI is InChI=1S/C21H26ClN7O2/c1-4-28-21(31)27(3)18-12-23-20(26-19(18)29(28)15-7-5-6-8-15)25-17-11-14(24-13(2)30)9-10-16(17)22/h9-12,15H,4-8H2,1-3H3,(H,24,30)(H,23,25,26). The fraction of sp³-hybridized carbons (Fsp3) is 0.429. The van der Waals surface area contributed by atoms with Crippen LogP contribution in [0.5, 0.6) is 0 Å². The molecule has 1 fully saturated rings. The summed E-state index contributed by atoms with van der Waals surface area (Å²) in [5, 5.41) is 10.2. The number of amides is 3. The van der Waals surface area contributed by atoms with Crippen LogP contribution in [0.25, 0.3) is 0 Å². The Morgan fingerprint density at radius 2 is 2.03 bits per heavy atom. The Labute approximate surface area is 186 Å². The molecule has 0 unspecified atom stereocenters. The minimum atomic E-state index is -0.169. The van der Waals surface area contributed by atoms with Gasteiger partial charge in [-0.15, -0.1) is 0 Å². The fourth-order valence-electron chi connectivity index (χ4n) is 4.14. The quantitative estimate of drug-likeness (QED) is 0.711. The molecule has 1 aromatic heterocycles. The van der Waals surface area contributed by atoms with Gasteiger partial charge in [-0.05, 0) is 38.0 Å². The Bertz CT molecular complexity index is 1010. The van der Waals surface area contributed by atoms with E-state index in [-0.39, 0.29) is 18.0 Å². The summed E-state index contributed by atoms with van der Waals surface area (Å²) in [4.78, 5) is 35.1. The molecule has 1 aliphatic heterocycles. The van der Waals surface area contributed by atoms with Crippen molar-refractivity contribution in [1.29, 1.82) is 0 Å². The minimum absolute atomic E-state index is 0.0859. The minimum Gasteiger partial charge on any atom is -0.326 e. The molecule has 1 saturated carbocycles. The number of halogens is 1. The molecule has 9 nitrogen and oxygen atoms in total. The van der Waals surface area contributed by atoms with E-state index in [0.717, 1.165) is 25.7 Å². The highest BCUT2D eigenvalue weighted by Gasteiger charge is 2.39. The summed E-state index contributed by atoms with van der Waals surface area (Å²) in [5.74, 6) is 0.891. The van der Waals surface area contributed by atoms with Crippen molar-refractivity contribution in [3.63, 3.8) is 0 Å². The molecule has 4 rings (SSSR count). The predicted octanol–water partition coefficient (Wildman–Crippen LogP) is 4.39. The SMILES string of the molecule is CCN1C(=O)N(C)c2cnc(Nc3cc(NC(C)=O)ccc3Cl)nc2N1C1CCCC1. The molecular formula is C21H26ClN7O2. The van der Waals surface area contributed by atoms with Gasteiger partial charge >= 0.3 is 6.03 Å². The number of nitrogens with zero attached hydrogens (tertiary/aromatic N) is 5. The number of carbonyl (C=O) groups is 2. The van der Waals surface area contributed by atoms with E-state index >= 15 is 0 Å². The Morgan fingerprint density at radius 3 is 2.71 bits per heavy atom. The molecule has 1 aromatic carbocycles. The number of hydrogen-bond donors (Lipinski definition) is 2. The maximum absolute atomic E-state index is 12.9. The Hall–Kier alpha value is -3.07. The number of aromatic nitrogens is 2. The van der Waals surface area contributed by atoms with Crippen molar-refractivity contribution in [2.45, 2.75) is 45.6 Å².